The van der Waals surface area contributed by atoms with E-state index < -0.39 is 11.7 Å². The van der Waals surface area contributed by atoms with Crippen molar-refractivity contribution in [2.75, 3.05) is 12.4 Å². The van der Waals surface area contributed by atoms with Gasteiger partial charge in [-0.1, -0.05) is 23.7 Å². The number of amides is 2. The van der Waals surface area contributed by atoms with E-state index in [0.717, 1.165) is 11.6 Å². The number of hydrogen-bond donors (Lipinski definition) is 2. The van der Waals surface area contributed by atoms with Gasteiger partial charge in [-0.05, 0) is 35.9 Å². The van der Waals surface area contributed by atoms with Crippen LogP contribution in [-0.4, -0.2) is 18.9 Å². The molecule has 0 unspecified atom stereocenters. The maximum absolute atomic E-state index is 13.0. The van der Waals surface area contributed by atoms with Crippen LogP contribution in [0.5, 0.6) is 0 Å². The second-order valence-electron chi connectivity index (χ2n) is 4.63. The summed E-state index contributed by atoms with van der Waals surface area (Å²) in [5.41, 5.74) is 1.58. The Labute approximate surface area is 132 Å². The van der Waals surface area contributed by atoms with Crippen molar-refractivity contribution >= 4 is 29.1 Å². The number of carbonyl (C=O) groups is 2. The fourth-order valence-corrected chi connectivity index (χ4v) is 2.10. The molecule has 0 spiro atoms. The summed E-state index contributed by atoms with van der Waals surface area (Å²) in [5, 5.41) is 5.25. The highest BCUT2D eigenvalue weighted by molar-refractivity contribution is 6.34. The molecular weight excluding hydrogens is 307 g/mol. The molecule has 0 atom stereocenters. The van der Waals surface area contributed by atoms with Crippen LogP contribution in [0, 0.1) is 5.82 Å². The van der Waals surface area contributed by atoms with Gasteiger partial charge < -0.3 is 10.6 Å². The second-order valence-corrected chi connectivity index (χ2v) is 5.03. The fourth-order valence-electron chi connectivity index (χ4n) is 1.85. The van der Waals surface area contributed by atoms with Crippen LogP contribution in [0.3, 0.4) is 0 Å². The summed E-state index contributed by atoms with van der Waals surface area (Å²) < 4.78 is 13.0. The van der Waals surface area contributed by atoms with E-state index in [0.29, 0.717) is 5.69 Å². The highest BCUT2D eigenvalue weighted by atomic mass is 35.5. The summed E-state index contributed by atoms with van der Waals surface area (Å²) in [4.78, 5) is 23.3. The van der Waals surface area contributed by atoms with Crippen molar-refractivity contribution in [2.45, 2.75) is 6.42 Å². The molecule has 2 aromatic rings. The van der Waals surface area contributed by atoms with Gasteiger partial charge in [0.05, 0.1) is 17.0 Å². The molecule has 2 aromatic carbocycles. The predicted molar refractivity (Wildman–Crippen MR) is 83.6 cm³/mol. The molecule has 2 rings (SSSR count). The molecule has 0 aromatic heterocycles. The summed E-state index contributed by atoms with van der Waals surface area (Å²) in [6.07, 6.45) is 0.272. The molecule has 6 heteroatoms. The molecule has 0 aliphatic heterocycles. The van der Waals surface area contributed by atoms with Gasteiger partial charge in [0.1, 0.15) is 5.82 Å². The zero-order valence-electron chi connectivity index (χ0n) is 11.8. The molecule has 0 fully saturated rings. The van der Waals surface area contributed by atoms with Crippen molar-refractivity contribution in [3.05, 3.63) is 64.4 Å². The van der Waals surface area contributed by atoms with Gasteiger partial charge in [-0.3, -0.25) is 9.59 Å². The number of rotatable bonds is 4. The van der Waals surface area contributed by atoms with Gasteiger partial charge in [-0.25, -0.2) is 4.39 Å². The van der Waals surface area contributed by atoms with Crippen LogP contribution >= 0.6 is 11.6 Å². The van der Waals surface area contributed by atoms with E-state index >= 15 is 0 Å². The molecule has 2 amide bonds. The van der Waals surface area contributed by atoms with Crippen LogP contribution < -0.4 is 10.6 Å². The quantitative estimate of drug-likeness (QED) is 0.909. The summed E-state index contributed by atoms with van der Waals surface area (Å²) in [5.74, 6) is -1.01. The molecule has 114 valence electrons. The molecule has 0 bridgehead atoms. The van der Waals surface area contributed by atoms with Crippen LogP contribution in [0.4, 0.5) is 10.1 Å². The van der Waals surface area contributed by atoms with Crippen LogP contribution in [0.2, 0.25) is 5.02 Å². The first-order chi connectivity index (χ1) is 10.5. The predicted octanol–water partition coefficient (Wildman–Crippen LogP) is 3.02. The lowest BCUT2D eigenvalue weighted by molar-refractivity contribution is -0.119. The van der Waals surface area contributed by atoms with Gasteiger partial charge in [-0.2, -0.15) is 0 Å². The average molecular weight is 321 g/mol. The first kappa shape index (κ1) is 16.0. The van der Waals surface area contributed by atoms with E-state index in [9.17, 15) is 14.0 Å². The number of carbonyl (C=O) groups excluding carboxylic acids is 2. The minimum absolute atomic E-state index is 0.0498. The fraction of sp³-hybridized carbons (Fsp3) is 0.125. The second kappa shape index (κ2) is 7.04. The molecule has 0 heterocycles. The largest absolute Gasteiger partial charge is 0.359 e. The maximum Gasteiger partial charge on any atom is 0.257 e. The van der Waals surface area contributed by atoms with E-state index in [1.54, 1.807) is 31.3 Å². The number of anilines is 1. The Kier molecular flexibility index (Phi) is 5.12. The Morgan fingerprint density at radius 2 is 1.82 bits per heavy atom. The number of likely N-dealkylation sites (N-methyl/N-ethyl adjacent to an activating group) is 1. The molecule has 22 heavy (non-hydrogen) atoms. The van der Waals surface area contributed by atoms with E-state index in [1.165, 1.54) is 12.1 Å². The van der Waals surface area contributed by atoms with E-state index in [1.807, 2.05) is 0 Å². The third-order valence-electron chi connectivity index (χ3n) is 3.03. The molecule has 0 saturated heterocycles. The number of benzene rings is 2. The Hall–Kier alpha value is -2.40. The number of nitrogens with one attached hydrogen (secondary N) is 2. The average Bonchev–Trinajstić information content (AvgIpc) is 2.49. The molecule has 0 aliphatic rings. The first-order valence-electron chi connectivity index (χ1n) is 6.55. The lowest BCUT2D eigenvalue weighted by Crippen LogP contribution is -2.19. The van der Waals surface area contributed by atoms with Crippen molar-refractivity contribution in [1.29, 1.82) is 0 Å². The summed E-state index contributed by atoms with van der Waals surface area (Å²) in [7, 11) is 1.57. The van der Waals surface area contributed by atoms with Crippen LogP contribution in [-0.2, 0) is 11.2 Å². The highest BCUT2D eigenvalue weighted by Crippen LogP contribution is 2.19. The lowest BCUT2D eigenvalue weighted by Gasteiger charge is -2.08. The van der Waals surface area contributed by atoms with Gasteiger partial charge in [0.15, 0.2) is 0 Å². The molecule has 4 nitrogen and oxygen atoms in total. The monoisotopic (exact) mass is 320 g/mol. The van der Waals surface area contributed by atoms with E-state index in [2.05, 4.69) is 10.6 Å². The first-order valence-corrected chi connectivity index (χ1v) is 6.93. The molecule has 0 saturated carbocycles. The number of halogens is 2. The minimum Gasteiger partial charge on any atom is -0.359 e. The topological polar surface area (TPSA) is 58.2 Å². The van der Waals surface area contributed by atoms with Crippen molar-refractivity contribution < 1.29 is 14.0 Å². The Bertz CT molecular complexity index is 702. The lowest BCUT2D eigenvalue weighted by atomic mass is 10.1. The van der Waals surface area contributed by atoms with Crippen LogP contribution in [0.15, 0.2) is 42.5 Å². The summed E-state index contributed by atoms with van der Waals surface area (Å²) >= 11 is 5.84. The summed E-state index contributed by atoms with van der Waals surface area (Å²) in [6.45, 7) is 0. The zero-order chi connectivity index (χ0) is 16.1. The van der Waals surface area contributed by atoms with E-state index in [-0.39, 0.29) is 22.9 Å². The van der Waals surface area contributed by atoms with Crippen molar-refractivity contribution in [1.82, 2.24) is 5.32 Å². The molecule has 0 radical (unpaired) electrons. The Balaban J connectivity index is 2.07. The third kappa shape index (κ3) is 4.05. The van der Waals surface area contributed by atoms with Gasteiger partial charge >= 0.3 is 0 Å². The van der Waals surface area contributed by atoms with Gasteiger partial charge in [0.2, 0.25) is 5.91 Å². The van der Waals surface area contributed by atoms with Gasteiger partial charge in [-0.15, -0.1) is 0 Å². The smallest absolute Gasteiger partial charge is 0.257 e. The highest BCUT2D eigenvalue weighted by Gasteiger charge is 2.11. The molecule has 2 N–H and O–H groups in total. The zero-order valence-corrected chi connectivity index (χ0v) is 12.6. The van der Waals surface area contributed by atoms with Crippen LogP contribution in [0.25, 0.3) is 0 Å². The Morgan fingerprint density at radius 1 is 1.14 bits per heavy atom. The Morgan fingerprint density at radius 3 is 2.41 bits per heavy atom. The van der Waals surface area contributed by atoms with Crippen molar-refractivity contribution in [2.24, 2.45) is 0 Å². The minimum atomic E-state index is -0.500. The van der Waals surface area contributed by atoms with E-state index in [4.69, 9.17) is 11.6 Å². The van der Waals surface area contributed by atoms with Crippen LogP contribution in [0.1, 0.15) is 15.9 Å². The standard InChI is InChI=1S/C16H14ClFN2O2/c1-19-15(21)8-10-2-5-12(6-3-10)20-16(22)13-7-4-11(18)9-14(13)17/h2-7,9H,8H2,1H3,(H,19,21)(H,20,22). The normalized spacial score (nSPS) is 10.1. The van der Waals surface area contributed by atoms with Gasteiger partial charge in [0, 0.05) is 12.7 Å². The van der Waals surface area contributed by atoms with Gasteiger partial charge in [0.25, 0.3) is 5.91 Å². The molecular formula is C16H14ClFN2O2. The maximum atomic E-state index is 13.0. The molecule has 0 aliphatic carbocycles. The van der Waals surface area contributed by atoms with Crippen molar-refractivity contribution in [3.8, 4) is 0 Å². The van der Waals surface area contributed by atoms with Crippen molar-refractivity contribution in [3.63, 3.8) is 0 Å². The number of hydrogen-bond acceptors (Lipinski definition) is 2. The summed E-state index contributed by atoms with van der Waals surface area (Å²) in [6, 6.07) is 10.5. The SMILES string of the molecule is CNC(=O)Cc1ccc(NC(=O)c2ccc(F)cc2Cl)cc1. The third-order valence-corrected chi connectivity index (χ3v) is 3.34.